The highest BCUT2D eigenvalue weighted by molar-refractivity contribution is 5.77. The molecular formula is C16H30N2O. The van der Waals surface area contributed by atoms with E-state index in [1.807, 2.05) is 0 Å². The number of piperidine rings is 1. The predicted molar refractivity (Wildman–Crippen MR) is 78.9 cm³/mol. The molecule has 2 rings (SSSR count). The maximum absolute atomic E-state index is 12.2. The number of carbonyl (C=O) groups is 1. The molecule has 1 saturated heterocycles. The van der Waals surface area contributed by atoms with Crippen molar-refractivity contribution in [2.45, 2.75) is 71.4 Å². The lowest BCUT2D eigenvalue weighted by atomic mass is 9.79. The van der Waals surface area contributed by atoms with Gasteiger partial charge in [0, 0.05) is 18.5 Å². The second-order valence-corrected chi connectivity index (χ2v) is 6.92. The number of hydrogen-bond acceptors (Lipinski definition) is 2. The van der Waals surface area contributed by atoms with E-state index in [1.165, 1.54) is 19.3 Å². The molecule has 2 aliphatic rings. The first-order valence-corrected chi connectivity index (χ1v) is 8.09. The molecule has 1 amide bonds. The van der Waals surface area contributed by atoms with E-state index in [9.17, 15) is 4.79 Å². The third kappa shape index (κ3) is 4.20. The van der Waals surface area contributed by atoms with Gasteiger partial charge in [-0.3, -0.25) is 4.79 Å². The van der Waals surface area contributed by atoms with Crippen LogP contribution in [0.5, 0.6) is 0 Å². The van der Waals surface area contributed by atoms with Crippen LogP contribution < -0.4 is 10.6 Å². The van der Waals surface area contributed by atoms with Crippen LogP contribution in [0.15, 0.2) is 0 Å². The summed E-state index contributed by atoms with van der Waals surface area (Å²) < 4.78 is 0. The van der Waals surface area contributed by atoms with Gasteiger partial charge in [0.15, 0.2) is 0 Å². The fourth-order valence-electron chi connectivity index (χ4n) is 3.55. The predicted octanol–water partition coefficient (Wildman–Crippen LogP) is 2.71. The minimum atomic E-state index is 0.248. The molecule has 19 heavy (non-hydrogen) atoms. The standard InChI is InChI=1S/C16H30N2O/c1-11-6-7-14(9-13(11)3)18-16(19)10-15-12(2)5-4-8-17-15/h11-15,17H,4-10H2,1-3H3,(H,18,19). The Kier molecular flexibility index (Phi) is 5.26. The van der Waals surface area contributed by atoms with Crippen LogP contribution in [0.3, 0.4) is 0 Å². The summed E-state index contributed by atoms with van der Waals surface area (Å²) in [6.07, 6.45) is 6.72. The third-order valence-electron chi connectivity index (χ3n) is 5.30. The Balaban J connectivity index is 1.75. The first-order chi connectivity index (χ1) is 9.06. The lowest BCUT2D eigenvalue weighted by Crippen LogP contribution is -2.46. The number of amides is 1. The van der Waals surface area contributed by atoms with E-state index in [0.717, 1.165) is 31.2 Å². The Morgan fingerprint density at radius 2 is 1.89 bits per heavy atom. The van der Waals surface area contributed by atoms with Crippen LogP contribution in [-0.2, 0) is 4.79 Å². The summed E-state index contributed by atoms with van der Waals surface area (Å²) in [6, 6.07) is 0.797. The van der Waals surface area contributed by atoms with Crippen molar-refractivity contribution in [3.63, 3.8) is 0 Å². The summed E-state index contributed by atoms with van der Waals surface area (Å²) in [5.74, 6) is 2.43. The smallest absolute Gasteiger partial charge is 0.221 e. The molecule has 1 heterocycles. The largest absolute Gasteiger partial charge is 0.353 e. The van der Waals surface area contributed by atoms with Crippen molar-refractivity contribution in [1.29, 1.82) is 0 Å². The molecule has 110 valence electrons. The molecular weight excluding hydrogens is 236 g/mol. The van der Waals surface area contributed by atoms with Gasteiger partial charge in [-0.05, 0) is 56.4 Å². The number of carbonyl (C=O) groups excluding carboxylic acids is 1. The van der Waals surface area contributed by atoms with Crippen molar-refractivity contribution in [3.05, 3.63) is 0 Å². The van der Waals surface area contributed by atoms with Crippen LogP contribution in [0.4, 0.5) is 0 Å². The highest BCUT2D eigenvalue weighted by Gasteiger charge is 2.27. The lowest BCUT2D eigenvalue weighted by Gasteiger charge is -2.34. The van der Waals surface area contributed by atoms with Gasteiger partial charge in [0.25, 0.3) is 0 Å². The van der Waals surface area contributed by atoms with Gasteiger partial charge in [-0.2, -0.15) is 0 Å². The van der Waals surface area contributed by atoms with Crippen molar-refractivity contribution >= 4 is 5.91 Å². The Morgan fingerprint density at radius 3 is 2.58 bits per heavy atom. The van der Waals surface area contributed by atoms with E-state index in [-0.39, 0.29) is 5.91 Å². The zero-order chi connectivity index (χ0) is 13.8. The molecule has 1 aliphatic heterocycles. The zero-order valence-corrected chi connectivity index (χ0v) is 12.7. The summed E-state index contributed by atoms with van der Waals surface area (Å²) in [4.78, 5) is 12.2. The Hall–Kier alpha value is -0.570. The van der Waals surface area contributed by atoms with Crippen LogP contribution in [-0.4, -0.2) is 24.5 Å². The molecule has 0 spiro atoms. The first-order valence-electron chi connectivity index (χ1n) is 8.09. The molecule has 0 aromatic heterocycles. The normalized spacial score (nSPS) is 39.8. The number of nitrogens with one attached hydrogen (secondary N) is 2. The van der Waals surface area contributed by atoms with E-state index in [4.69, 9.17) is 0 Å². The quantitative estimate of drug-likeness (QED) is 0.824. The fraction of sp³-hybridized carbons (Fsp3) is 0.938. The molecule has 0 aromatic rings. The number of hydrogen-bond donors (Lipinski definition) is 2. The van der Waals surface area contributed by atoms with Crippen molar-refractivity contribution < 1.29 is 4.79 Å². The summed E-state index contributed by atoms with van der Waals surface area (Å²) in [7, 11) is 0. The molecule has 0 bridgehead atoms. The third-order valence-corrected chi connectivity index (χ3v) is 5.30. The van der Waals surface area contributed by atoms with Crippen LogP contribution in [0, 0.1) is 17.8 Å². The average Bonchev–Trinajstić information content (AvgIpc) is 2.37. The molecule has 3 heteroatoms. The van der Waals surface area contributed by atoms with Crippen molar-refractivity contribution in [2.75, 3.05) is 6.54 Å². The monoisotopic (exact) mass is 266 g/mol. The second-order valence-electron chi connectivity index (χ2n) is 6.92. The summed E-state index contributed by atoms with van der Waals surface area (Å²) >= 11 is 0. The molecule has 5 unspecified atom stereocenters. The minimum absolute atomic E-state index is 0.248. The van der Waals surface area contributed by atoms with Crippen LogP contribution in [0.2, 0.25) is 0 Å². The Bertz CT molecular complexity index is 305. The van der Waals surface area contributed by atoms with Crippen molar-refractivity contribution in [2.24, 2.45) is 17.8 Å². The summed E-state index contributed by atoms with van der Waals surface area (Å²) in [6.45, 7) is 7.97. The van der Waals surface area contributed by atoms with E-state index in [1.54, 1.807) is 0 Å². The van der Waals surface area contributed by atoms with Gasteiger partial charge in [0.2, 0.25) is 5.91 Å². The Morgan fingerprint density at radius 1 is 1.11 bits per heavy atom. The summed E-state index contributed by atoms with van der Waals surface area (Å²) in [5, 5.41) is 6.75. The molecule has 1 saturated carbocycles. The maximum Gasteiger partial charge on any atom is 0.221 e. The van der Waals surface area contributed by atoms with Crippen LogP contribution in [0.25, 0.3) is 0 Å². The second kappa shape index (κ2) is 6.74. The molecule has 2 N–H and O–H groups in total. The summed E-state index contributed by atoms with van der Waals surface area (Å²) in [5.41, 5.74) is 0. The maximum atomic E-state index is 12.2. The zero-order valence-electron chi connectivity index (χ0n) is 12.7. The van der Waals surface area contributed by atoms with E-state index >= 15 is 0 Å². The van der Waals surface area contributed by atoms with E-state index < -0.39 is 0 Å². The number of rotatable bonds is 3. The molecule has 1 aliphatic carbocycles. The van der Waals surface area contributed by atoms with E-state index in [0.29, 0.717) is 24.4 Å². The minimum Gasteiger partial charge on any atom is -0.353 e. The average molecular weight is 266 g/mol. The van der Waals surface area contributed by atoms with Gasteiger partial charge in [-0.25, -0.2) is 0 Å². The van der Waals surface area contributed by atoms with Gasteiger partial charge in [-0.1, -0.05) is 20.8 Å². The van der Waals surface area contributed by atoms with Crippen LogP contribution >= 0.6 is 0 Å². The van der Waals surface area contributed by atoms with Gasteiger partial charge < -0.3 is 10.6 Å². The molecule has 5 atom stereocenters. The first kappa shape index (κ1) is 14.8. The van der Waals surface area contributed by atoms with Gasteiger partial charge in [0.1, 0.15) is 0 Å². The van der Waals surface area contributed by atoms with Gasteiger partial charge in [-0.15, -0.1) is 0 Å². The highest BCUT2D eigenvalue weighted by Crippen LogP contribution is 2.29. The van der Waals surface area contributed by atoms with Crippen molar-refractivity contribution in [1.82, 2.24) is 10.6 Å². The lowest BCUT2D eigenvalue weighted by molar-refractivity contribution is -0.123. The molecule has 0 aromatic carbocycles. The topological polar surface area (TPSA) is 41.1 Å². The Labute approximate surface area is 117 Å². The SMILES string of the molecule is CC1CCC(NC(=O)CC2NCCCC2C)CC1C. The molecule has 3 nitrogen and oxygen atoms in total. The molecule has 0 radical (unpaired) electrons. The fourth-order valence-corrected chi connectivity index (χ4v) is 3.55. The molecule has 2 fully saturated rings. The highest BCUT2D eigenvalue weighted by atomic mass is 16.1. The van der Waals surface area contributed by atoms with Gasteiger partial charge >= 0.3 is 0 Å². The van der Waals surface area contributed by atoms with Crippen LogP contribution in [0.1, 0.15) is 59.3 Å². The van der Waals surface area contributed by atoms with Gasteiger partial charge in [0.05, 0.1) is 0 Å². The van der Waals surface area contributed by atoms with Crippen molar-refractivity contribution in [3.8, 4) is 0 Å². The van der Waals surface area contributed by atoms with E-state index in [2.05, 4.69) is 31.4 Å².